The number of aliphatic hydroxyl groups excluding tert-OH is 1. The lowest BCUT2D eigenvalue weighted by atomic mass is 9.91. The number of allylic oxidation sites excluding steroid dienone is 2. The minimum atomic E-state index is -1.65. The fraction of sp³-hybridized carbons (Fsp3) is 0.718. The molecule has 1 aromatic rings. The van der Waals surface area contributed by atoms with Crippen LogP contribution in [0.4, 0.5) is 0 Å². The van der Waals surface area contributed by atoms with Gasteiger partial charge in [0, 0.05) is 62.2 Å². The molecule has 0 aliphatic carbocycles. The van der Waals surface area contributed by atoms with Gasteiger partial charge < -0.3 is 70.2 Å². The Hall–Kier alpha value is -7.48. The second kappa shape index (κ2) is 41.1. The molecule has 1 aromatic carbocycles. The number of aliphatic hydroxyl groups is 1. The number of nitrogens with one attached hydrogen (secondary N) is 4. The Morgan fingerprint density at radius 1 is 0.557 bits per heavy atom. The first kappa shape index (κ1) is 85.6. The summed E-state index contributed by atoms with van der Waals surface area (Å²) < 4.78 is 6.25. The van der Waals surface area contributed by atoms with E-state index in [0.717, 1.165) is 20.3 Å². The van der Waals surface area contributed by atoms with Crippen LogP contribution in [0.2, 0.25) is 0 Å². The van der Waals surface area contributed by atoms with Gasteiger partial charge in [-0.3, -0.25) is 52.7 Å². The minimum Gasteiger partial charge on any atom is -0.391 e. The van der Waals surface area contributed by atoms with Gasteiger partial charge in [0.15, 0.2) is 0 Å². The quantitative estimate of drug-likeness (QED) is 0.0459. The van der Waals surface area contributed by atoms with Crippen LogP contribution in [0.5, 0.6) is 0 Å². The predicted molar refractivity (Wildman–Crippen MR) is 373 cm³/mol. The third kappa shape index (κ3) is 25.4. The highest BCUT2D eigenvalue weighted by Gasteiger charge is 2.46. The lowest BCUT2D eigenvalue weighted by molar-refractivity contribution is -0.157. The van der Waals surface area contributed by atoms with Crippen LogP contribution in [0.1, 0.15) is 161 Å². The van der Waals surface area contributed by atoms with Crippen molar-refractivity contribution < 1.29 is 67.4 Å². The molecule has 0 bridgehead atoms. The first-order valence-corrected chi connectivity index (χ1v) is 34.4. The van der Waals surface area contributed by atoms with E-state index in [1.165, 1.54) is 82.8 Å². The molecule has 97 heavy (non-hydrogen) atoms. The molecule has 0 radical (unpaired) electrons. The zero-order chi connectivity index (χ0) is 74.0. The number of ether oxygens (including phenoxy) is 1. The highest BCUT2D eigenvalue weighted by atomic mass is 16.6. The van der Waals surface area contributed by atoms with Gasteiger partial charge >= 0.3 is 0 Å². The number of unbranched alkanes of at least 4 members (excludes halogenated alkanes) is 1. The summed E-state index contributed by atoms with van der Waals surface area (Å²) in [4.78, 5) is 176. The van der Waals surface area contributed by atoms with Crippen LogP contribution in [0.15, 0.2) is 47.6 Å². The SMILES string of the molecule is C/C=C/C[C@@H](C)[C@@H](O)[C@H]1C(=O)N[C@@H](CC)C(=O)N(C)CC(=O)N(C)[C@@H]([C@@H](C)OCCC/C=N/OCc2ccccc2)C(=O)N[C@@H](C(C)C)C(=O)N(C)[C@H](CC(C)C)C(=O)N[C@@H](C)C(=O)N[C@@H](C)C(=O)N(C)[C@@H](CC(C)C)C(=O)N(C)[C@H](CC(C)C)C(=O)N(C)[C@@H](C(C)C)C(=O)N1C. The van der Waals surface area contributed by atoms with Crippen molar-refractivity contribution in [3.63, 3.8) is 0 Å². The number of benzene rings is 1. The Balaban J connectivity index is 2.95. The molecule has 5 N–H and O–H groups in total. The van der Waals surface area contributed by atoms with Crippen molar-refractivity contribution in [3.05, 3.63) is 48.0 Å². The molecule has 0 spiro atoms. The first-order chi connectivity index (χ1) is 45.3. The topological polar surface area (TPSA) is 310 Å². The van der Waals surface area contributed by atoms with Crippen molar-refractivity contribution in [1.29, 1.82) is 0 Å². The molecule has 26 heteroatoms. The normalized spacial score (nSPS) is 25.3. The molecule has 13 atom stereocenters. The molecule has 0 aromatic heterocycles. The molecular formula is C71H120N12O14. The number of rotatable bonds is 22. The minimum absolute atomic E-state index is 0.0174. The number of hydrogen-bond donors (Lipinski definition) is 5. The lowest BCUT2D eigenvalue weighted by Crippen LogP contribution is -2.63. The molecule has 1 aliphatic heterocycles. The van der Waals surface area contributed by atoms with Crippen LogP contribution in [0, 0.1) is 35.5 Å². The van der Waals surface area contributed by atoms with E-state index < -0.39 is 162 Å². The van der Waals surface area contributed by atoms with E-state index in [9.17, 15) is 43.5 Å². The summed E-state index contributed by atoms with van der Waals surface area (Å²) in [5, 5.41) is 27.2. The second-order valence-electron chi connectivity index (χ2n) is 28.2. The van der Waals surface area contributed by atoms with Gasteiger partial charge in [-0.2, -0.15) is 0 Å². The van der Waals surface area contributed by atoms with Crippen molar-refractivity contribution in [1.82, 2.24) is 55.6 Å². The third-order valence-corrected chi connectivity index (χ3v) is 17.8. The number of carbonyl (C=O) groups excluding carboxylic acids is 11. The van der Waals surface area contributed by atoms with E-state index in [4.69, 9.17) is 9.57 Å². The van der Waals surface area contributed by atoms with Gasteiger partial charge in [-0.1, -0.05) is 131 Å². The highest BCUT2D eigenvalue weighted by molar-refractivity contribution is 5.99. The smallest absolute Gasteiger partial charge is 0.246 e. The lowest BCUT2D eigenvalue weighted by Gasteiger charge is -2.41. The number of carbonyl (C=O) groups is 11. The maximum atomic E-state index is 15.3. The second-order valence-corrected chi connectivity index (χ2v) is 28.2. The largest absolute Gasteiger partial charge is 0.391 e. The maximum absolute atomic E-state index is 15.3. The third-order valence-electron chi connectivity index (χ3n) is 17.8. The van der Waals surface area contributed by atoms with Gasteiger partial charge in [-0.05, 0) is 114 Å². The summed E-state index contributed by atoms with van der Waals surface area (Å²) in [5.74, 6) is -10.3. The Morgan fingerprint density at radius 2 is 1.06 bits per heavy atom. The summed E-state index contributed by atoms with van der Waals surface area (Å²) in [6, 6.07) is -3.51. The van der Waals surface area contributed by atoms with Crippen molar-refractivity contribution in [2.45, 2.75) is 235 Å². The monoisotopic (exact) mass is 1360 g/mol. The van der Waals surface area contributed by atoms with Gasteiger partial charge in [0.1, 0.15) is 67.0 Å². The molecule has 26 nitrogen and oxygen atoms in total. The molecular weight excluding hydrogens is 1240 g/mol. The Kier molecular flexibility index (Phi) is 36.2. The summed E-state index contributed by atoms with van der Waals surface area (Å²) in [7, 11) is 9.78. The number of amides is 11. The molecule has 1 fully saturated rings. The summed E-state index contributed by atoms with van der Waals surface area (Å²) in [6.07, 6.45) is 4.10. The van der Waals surface area contributed by atoms with E-state index in [1.54, 1.807) is 73.8 Å². The fourth-order valence-corrected chi connectivity index (χ4v) is 11.8. The van der Waals surface area contributed by atoms with E-state index in [-0.39, 0.29) is 63.1 Å². The first-order valence-electron chi connectivity index (χ1n) is 34.4. The van der Waals surface area contributed by atoms with E-state index >= 15 is 14.4 Å². The highest BCUT2D eigenvalue weighted by Crippen LogP contribution is 2.26. The maximum Gasteiger partial charge on any atom is 0.246 e. The molecule has 11 amide bonds. The van der Waals surface area contributed by atoms with Crippen LogP contribution in [-0.4, -0.2) is 246 Å². The Labute approximate surface area is 578 Å². The molecule has 0 saturated carbocycles. The van der Waals surface area contributed by atoms with E-state index in [1.807, 2.05) is 71.9 Å². The molecule has 1 heterocycles. The van der Waals surface area contributed by atoms with Crippen LogP contribution in [-0.2, 0) is 68.9 Å². The standard InChI is InChI=1S/C71H120N12O14/c1-24-26-32-47(13)61(85)60-65(89)75-52(25-2)67(91)77(17)40-56(84)81(21)59(50(16)96-36-31-30-35-72-97-41-51-33-28-27-29-34-51)64(88)76-57(45(9)10)70(94)78(18)53(37-42(3)4)63(87)73-48(14)62(86)74-49(15)66(90)79(19)54(38-43(5)6)68(92)80(20)55(39-44(7)8)69(93)82(22)58(46(11)12)71(95)83(60)23/h24,26-29,33-35,42-50,52-55,57-61,85H,25,30-32,36-41H2,1-23H3,(H,73,87)(H,74,86)(H,75,89)(H,76,88)/b26-24+,72-35+/t47-,48+,49+,50-,52+,53-,54+,55-,57+,58+,59+,60+,61-/m1/s1. The van der Waals surface area contributed by atoms with E-state index in [0.29, 0.717) is 12.8 Å². The van der Waals surface area contributed by atoms with Crippen LogP contribution >= 0.6 is 0 Å². The molecule has 2 rings (SSSR count). The average Bonchev–Trinajstić information content (AvgIpc) is 0.808. The average molecular weight is 1370 g/mol. The molecule has 1 aliphatic rings. The molecule has 1 saturated heterocycles. The summed E-state index contributed by atoms with van der Waals surface area (Å²) in [6.45, 7) is 27.3. The van der Waals surface area contributed by atoms with Crippen molar-refractivity contribution in [2.75, 3.05) is 62.5 Å². The van der Waals surface area contributed by atoms with Gasteiger partial charge in [-0.15, -0.1) is 0 Å². The van der Waals surface area contributed by atoms with Crippen LogP contribution in [0.3, 0.4) is 0 Å². The number of hydrogen-bond acceptors (Lipinski definition) is 15. The zero-order valence-electron chi connectivity index (χ0n) is 62.4. The Bertz CT molecular complexity index is 2820. The number of likely N-dealkylation sites (N-methyl/N-ethyl adjacent to an activating group) is 7. The zero-order valence-corrected chi connectivity index (χ0v) is 62.4. The van der Waals surface area contributed by atoms with Gasteiger partial charge in [-0.25, -0.2) is 0 Å². The molecule has 0 unspecified atom stereocenters. The van der Waals surface area contributed by atoms with Gasteiger partial charge in [0.25, 0.3) is 0 Å². The van der Waals surface area contributed by atoms with Crippen molar-refractivity contribution in [3.8, 4) is 0 Å². The van der Waals surface area contributed by atoms with Crippen LogP contribution in [0.25, 0.3) is 0 Å². The van der Waals surface area contributed by atoms with Crippen LogP contribution < -0.4 is 21.3 Å². The van der Waals surface area contributed by atoms with Crippen molar-refractivity contribution >= 4 is 71.2 Å². The fourth-order valence-electron chi connectivity index (χ4n) is 11.8. The Morgan fingerprint density at radius 3 is 1.59 bits per heavy atom. The number of nitrogens with zero attached hydrogens (tertiary/aromatic N) is 8. The number of oxime groups is 1. The summed E-state index contributed by atoms with van der Waals surface area (Å²) >= 11 is 0. The van der Waals surface area contributed by atoms with Gasteiger partial charge in [0.2, 0.25) is 65.0 Å². The van der Waals surface area contributed by atoms with Gasteiger partial charge in [0.05, 0.1) is 18.8 Å². The van der Waals surface area contributed by atoms with E-state index in [2.05, 4.69) is 26.4 Å². The summed E-state index contributed by atoms with van der Waals surface area (Å²) in [5.41, 5.74) is 0.937. The molecule has 548 valence electrons. The van der Waals surface area contributed by atoms with Crippen molar-refractivity contribution in [2.24, 2.45) is 40.7 Å². The predicted octanol–water partition coefficient (Wildman–Crippen LogP) is 4.61.